The number of ether oxygens (including phenoxy) is 1. The summed E-state index contributed by atoms with van der Waals surface area (Å²) < 4.78 is 45.5. The second-order valence-corrected chi connectivity index (χ2v) is 5.30. The topological polar surface area (TPSA) is 60.2 Å². The van der Waals surface area contributed by atoms with E-state index in [2.05, 4.69) is 20.2 Å². The van der Waals surface area contributed by atoms with E-state index in [4.69, 9.17) is 4.52 Å². The van der Waals surface area contributed by atoms with Crippen LogP contribution in [-0.4, -0.2) is 42.6 Å². The molecule has 2 rings (SSSR count). The summed E-state index contributed by atoms with van der Waals surface area (Å²) >= 11 is 0. The lowest BCUT2D eigenvalue weighted by atomic mass is 9.86. The molecule has 0 saturated heterocycles. The number of nitrogens with one attached hydrogen (secondary N) is 1. The highest BCUT2D eigenvalue weighted by Gasteiger charge is 2.28. The third-order valence-corrected chi connectivity index (χ3v) is 3.70. The van der Waals surface area contributed by atoms with E-state index < -0.39 is 12.8 Å². The van der Waals surface area contributed by atoms with Crippen LogP contribution in [0, 0.1) is 0 Å². The molecule has 0 amide bonds. The van der Waals surface area contributed by atoms with Gasteiger partial charge in [0.2, 0.25) is 5.89 Å². The zero-order chi connectivity index (χ0) is 15.3. The number of hydrogen-bond acceptors (Lipinski definition) is 5. The molecule has 0 spiro atoms. The molecule has 0 radical (unpaired) electrons. The zero-order valence-corrected chi connectivity index (χ0v) is 11.9. The largest absolute Gasteiger partial charge is 0.411 e. The molecule has 120 valence electrons. The van der Waals surface area contributed by atoms with Crippen molar-refractivity contribution < 1.29 is 22.4 Å². The number of aromatic nitrogens is 2. The molecule has 0 unspecified atom stereocenters. The molecule has 1 heterocycles. The summed E-state index contributed by atoms with van der Waals surface area (Å²) in [6, 6.07) is 0.541. The van der Waals surface area contributed by atoms with E-state index in [1.165, 1.54) is 0 Å². The van der Waals surface area contributed by atoms with Crippen LogP contribution in [0.2, 0.25) is 0 Å². The number of alkyl halides is 3. The molecule has 0 atom stereocenters. The third kappa shape index (κ3) is 5.28. The molecular weight excluding hydrogens is 287 g/mol. The highest BCUT2D eigenvalue weighted by atomic mass is 19.4. The highest BCUT2D eigenvalue weighted by Crippen LogP contribution is 2.31. The van der Waals surface area contributed by atoms with Crippen molar-refractivity contribution in [1.82, 2.24) is 15.5 Å². The molecule has 1 aliphatic rings. The fourth-order valence-electron chi connectivity index (χ4n) is 2.52. The molecule has 0 aliphatic heterocycles. The minimum atomic E-state index is -4.30. The van der Waals surface area contributed by atoms with Crippen LogP contribution in [0.1, 0.15) is 43.3 Å². The van der Waals surface area contributed by atoms with Gasteiger partial charge in [-0.2, -0.15) is 18.2 Å². The Morgan fingerprint density at radius 2 is 2.00 bits per heavy atom. The molecule has 1 aromatic heterocycles. The van der Waals surface area contributed by atoms with E-state index in [0.717, 1.165) is 25.7 Å². The Bertz CT molecular complexity index is 429. The molecule has 0 bridgehead atoms. The summed E-state index contributed by atoms with van der Waals surface area (Å²) in [6.07, 6.45) is 0.0242. The second kappa shape index (κ2) is 7.22. The average molecular weight is 307 g/mol. The number of rotatable bonds is 6. The monoisotopic (exact) mass is 307 g/mol. The van der Waals surface area contributed by atoms with Gasteiger partial charge in [-0.15, -0.1) is 0 Å². The van der Waals surface area contributed by atoms with E-state index in [1.807, 2.05) is 7.05 Å². The summed E-state index contributed by atoms with van der Waals surface area (Å²) in [5.41, 5.74) is 0. The van der Waals surface area contributed by atoms with Crippen LogP contribution in [0.3, 0.4) is 0 Å². The van der Waals surface area contributed by atoms with Crippen LogP contribution < -0.4 is 5.32 Å². The Hall–Kier alpha value is -1.15. The van der Waals surface area contributed by atoms with E-state index >= 15 is 0 Å². The van der Waals surface area contributed by atoms with Gasteiger partial charge in [0.25, 0.3) is 0 Å². The van der Waals surface area contributed by atoms with E-state index in [-0.39, 0.29) is 18.9 Å². The fourth-order valence-corrected chi connectivity index (χ4v) is 2.52. The number of hydrogen-bond donors (Lipinski definition) is 1. The van der Waals surface area contributed by atoms with E-state index in [0.29, 0.717) is 17.8 Å². The van der Waals surface area contributed by atoms with Crippen molar-refractivity contribution in [2.45, 2.75) is 50.2 Å². The Labute approximate surface area is 121 Å². The molecular formula is C13H20F3N3O2. The second-order valence-electron chi connectivity index (χ2n) is 5.30. The summed E-state index contributed by atoms with van der Waals surface area (Å²) in [6.45, 7) is -1.31. The maximum atomic E-state index is 11.9. The molecule has 5 nitrogen and oxygen atoms in total. The van der Waals surface area contributed by atoms with Gasteiger partial charge >= 0.3 is 6.18 Å². The van der Waals surface area contributed by atoms with Gasteiger partial charge in [-0.3, -0.25) is 0 Å². The number of halogens is 3. The van der Waals surface area contributed by atoms with Crippen LogP contribution in [-0.2, 0) is 11.2 Å². The van der Waals surface area contributed by atoms with Crippen LogP contribution in [0.15, 0.2) is 4.52 Å². The fraction of sp³-hybridized carbons (Fsp3) is 0.846. The summed E-state index contributed by atoms with van der Waals surface area (Å²) in [4.78, 5) is 4.26. The molecule has 1 aromatic rings. The first-order valence-electron chi connectivity index (χ1n) is 7.12. The molecule has 1 saturated carbocycles. The minimum Gasteiger partial charge on any atom is -0.372 e. The lowest BCUT2D eigenvalue weighted by molar-refractivity contribution is -0.173. The van der Waals surface area contributed by atoms with Gasteiger partial charge in [-0.25, -0.2) is 0 Å². The average Bonchev–Trinajstić information content (AvgIpc) is 2.91. The van der Waals surface area contributed by atoms with Crippen LogP contribution >= 0.6 is 0 Å². The SMILES string of the molecule is CNC1CCC(c2nc(CCOCC(F)(F)F)no2)CC1. The molecule has 1 fully saturated rings. The summed E-state index contributed by atoms with van der Waals surface area (Å²) in [5, 5.41) is 7.05. The van der Waals surface area contributed by atoms with Crippen LogP contribution in [0.4, 0.5) is 13.2 Å². The Balaban J connectivity index is 1.74. The normalized spacial score (nSPS) is 23.4. The standard InChI is InChI=1S/C13H20F3N3O2/c1-17-10-4-2-9(3-5-10)12-18-11(19-21-12)6-7-20-8-13(14,15)16/h9-10,17H,2-8H2,1H3. The first-order valence-corrected chi connectivity index (χ1v) is 7.12. The van der Waals surface area contributed by atoms with Gasteiger partial charge < -0.3 is 14.6 Å². The lowest BCUT2D eigenvalue weighted by Crippen LogP contribution is -2.29. The van der Waals surface area contributed by atoms with Crippen LogP contribution in [0.25, 0.3) is 0 Å². The van der Waals surface area contributed by atoms with Gasteiger partial charge in [-0.1, -0.05) is 5.16 Å². The van der Waals surface area contributed by atoms with Crippen molar-refractivity contribution in [3.63, 3.8) is 0 Å². The smallest absolute Gasteiger partial charge is 0.372 e. The van der Waals surface area contributed by atoms with E-state index in [1.54, 1.807) is 0 Å². The maximum absolute atomic E-state index is 11.9. The van der Waals surface area contributed by atoms with Crippen molar-refractivity contribution in [3.05, 3.63) is 11.7 Å². The molecule has 8 heteroatoms. The number of nitrogens with zero attached hydrogens (tertiary/aromatic N) is 2. The molecule has 1 aliphatic carbocycles. The Kier molecular flexibility index (Phi) is 5.58. The Morgan fingerprint density at radius 1 is 1.29 bits per heavy atom. The van der Waals surface area contributed by atoms with Gasteiger partial charge in [0.15, 0.2) is 5.82 Å². The predicted molar refractivity (Wildman–Crippen MR) is 68.9 cm³/mol. The molecule has 1 N–H and O–H groups in total. The zero-order valence-electron chi connectivity index (χ0n) is 11.9. The molecule has 0 aromatic carbocycles. The minimum absolute atomic E-state index is 0.0645. The van der Waals surface area contributed by atoms with Crippen molar-refractivity contribution in [2.24, 2.45) is 0 Å². The van der Waals surface area contributed by atoms with Crippen molar-refractivity contribution in [2.75, 3.05) is 20.3 Å². The first kappa shape index (κ1) is 16.2. The predicted octanol–water partition coefficient (Wildman–Crippen LogP) is 2.44. The maximum Gasteiger partial charge on any atom is 0.411 e. The van der Waals surface area contributed by atoms with Crippen molar-refractivity contribution in [3.8, 4) is 0 Å². The lowest BCUT2D eigenvalue weighted by Gasteiger charge is -2.25. The summed E-state index contributed by atoms with van der Waals surface area (Å²) in [7, 11) is 1.96. The van der Waals surface area contributed by atoms with Crippen molar-refractivity contribution >= 4 is 0 Å². The van der Waals surface area contributed by atoms with Gasteiger partial charge in [-0.05, 0) is 32.7 Å². The molecule has 21 heavy (non-hydrogen) atoms. The highest BCUT2D eigenvalue weighted by molar-refractivity contribution is 4.97. The van der Waals surface area contributed by atoms with Crippen molar-refractivity contribution in [1.29, 1.82) is 0 Å². The van der Waals surface area contributed by atoms with Gasteiger partial charge in [0.05, 0.1) is 6.61 Å². The third-order valence-electron chi connectivity index (χ3n) is 3.70. The first-order chi connectivity index (χ1) is 9.98. The van der Waals surface area contributed by atoms with Gasteiger partial charge in [0, 0.05) is 18.4 Å². The van der Waals surface area contributed by atoms with Crippen LogP contribution in [0.5, 0.6) is 0 Å². The summed E-state index contributed by atoms with van der Waals surface area (Å²) in [5.74, 6) is 1.25. The van der Waals surface area contributed by atoms with E-state index in [9.17, 15) is 13.2 Å². The van der Waals surface area contributed by atoms with Gasteiger partial charge in [0.1, 0.15) is 6.61 Å². The quantitative estimate of drug-likeness (QED) is 0.818. The Morgan fingerprint density at radius 3 is 2.62 bits per heavy atom.